The minimum Gasteiger partial charge on any atom is -0.302 e. The molecule has 0 amide bonds. The van der Waals surface area contributed by atoms with Crippen LogP contribution < -0.4 is 0 Å². The van der Waals surface area contributed by atoms with Crippen LogP contribution in [0, 0.1) is 5.41 Å². The Kier molecular flexibility index (Phi) is 2.94. The first kappa shape index (κ1) is 9.05. The fourth-order valence-corrected chi connectivity index (χ4v) is 2.02. The van der Waals surface area contributed by atoms with Gasteiger partial charge >= 0.3 is 0 Å². The van der Waals surface area contributed by atoms with E-state index in [0.29, 0.717) is 5.41 Å². The molecule has 0 unspecified atom stereocenters. The van der Waals surface area contributed by atoms with Gasteiger partial charge in [-0.1, -0.05) is 33.6 Å². The van der Waals surface area contributed by atoms with Gasteiger partial charge in [-0.25, -0.2) is 0 Å². The molecule has 0 aromatic carbocycles. The molecule has 66 valence electrons. The molecule has 1 saturated heterocycles. The van der Waals surface area contributed by atoms with Gasteiger partial charge < -0.3 is 4.90 Å². The smallest absolute Gasteiger partial charge is 0.00477 e. The van der Waals surface area contributed by atoms with Crippen LogP contribution in [0.2, 0.25) is 0 Å². The first-order chi connectivity index (χ1) is 5.20. The monoisotopic (exact) mass is 155 g/mol. The molecule has 0 N–H and O–H groups in total. The van der Waals surface area contributed by atoms with E-state index in [0.717, 1.165) is 0 Å². The van der Waals surface area contributed by atoms with E-state index >= 15 is 0 Å². The number of likely N-dealkylation sites (tertiary alicyclic amines) is 1. The van der Waals surface area contributed by atoms with Crippen LogP contribution in [-0.4, -0.2) is 24.5 Å². The predicted molar refractivity (Wildman–Crippen MR) is 49.7 cm³/mol. The van der Waals surface area contributed by atoms with E-state index in [4.69, 9.17) is 0 Å². The largest absolute Gasteiger partial charge is 0.302 e. The van der Waals surface area contributed by atoms with Crippen molar-refractivity contribution < 1.29 is 0 Å². The fraction of sp³-hybridized carbons (Fsp3) is 1.00. The topological polar surface area (TPSA) is 3.24 Å². The van der Waals surface area contributed by atoms with Crippen molar-refractivity contribution in [2.75, 3.05) is 19.6 Å². The summed E-state index contributed by atoms with van der Waals surface area (Å²) in [5.74, 6) is 0. The maximum atomic E-state index is 2.52. The van der Waals surface area contributed by atoms with E-state index in [9.17, 15) is 0 Å². The second-order valence-corrected chi connectivity index (χ2v) is 4.22. The van der Waals surface area contributed by atoms with Gasteiger partial charge in [-0.3, -0.25) is 0 Å². The first-order valence-electron chi connectivity index (χ1n) is 4.92. The van der Waals surface area contributed by atoms with E-state index in [2.05, 4.69) is 25.7 Å². The zero-order valence-corrected chi connectivity index (χ0v) is 8.19. The number of nitrogens with zero attached hydrogens (tertiary/aromatic N) is 1. The Morgan fingerprint density at radius 1 is 1.27 bits per heavy atom. The molecule has 0 aromatic rings. The summed E-state index contributed by atoms with van der Waals surface area (Å²) >= 11 is 0. The first-order valence-corrected chi connectivity index (χ1v) is 4.92. The van der Waals surface area contributed by atoms with Crippen LogP contribution in [0.15, 0.2) is 0 Å². The lowest BCUT2D eigenvalue weighted by atomic mass is 9.78. The number of hydrogen-bond donors (Lipinski definition) is 0. The number of rotatable bonds is 4. The number of hydrogen-bond acceptors (Lipinski definition) is 1. The minimum atomic E-state index is 0.673. The quantitative estimate of drug-likeness (QED) is 0.603. The standard InChI is InChI=1S/C10H21N/c1-4-6-7-10(3)8-11(5-2)9-10/h4-9H2,1-3H3. The van der Waals surface area contributed by atoms with E-state index in [1.165, 1.54) is 38.9 Å². The third-order valence-electron chi connectivity index (χ3n) is 2.79. The van der Waals surface area contributed by atoms with Crippen molar-refractivity contribution in [1.29, 1.82) is 0 Å². The average Bonchev–Trinajstić information content (AvgIpc) is 1.95. The van der Waals surface area contributed by atoms with Crippen molar-refractivity contribution in [2.24, 2.45) is 5.41 Å². The van der Waals surface area contributed by atoms with Gasteiger partial charge in [0, 0.05) is 13.1 Å². The molecular weight excluding hydrogens is 134 g/mol. The van der Waals surface area contributed by atoms with Gasteiger partial charge in [-0.2, -0.15) is 0 Å². The number of unbranched alkanes of at least 4 members (excludes halogenated alkanes) is 1. The van der Waals surface area contributed by atoms with Gasteiger partial charge in [-0.05, 0) is 18.4 Å². The Bertz CT molecular complexity index is 109. The van der Waals surface area contributed by atoms with Gasteiger partial charge in [0.25, 0.3) is 0 Å². The fourth-order valence-electron chi connectivity index (χ4n) is 2.02. The Labute approximate surface area is 70.8 Å². The molecule has 1 rings (SSSR count). The van der Waals surface area contributed by atoms with Gasteiger partial charge in [0.2, 0.25) is 0 Å². The van der Waals surface area contributed by atoms with E-state index in [-0.39, 0.29) is 0 Å². The maximum Gasteiger partial charge on any atom is 0.00477 e. The molecule has 1 heterocycles. The molecule has 0 saturated carbocycles. The van der Waals surface area contributed by atoms with Crippen molar-refractivity contribution >= 4 is 0 Å². The highest BCUT2D eigenvalue weighted by Gasteiger charge is 2.36. The van der Waals surface area contributed by atoms with Crippen molar-refractivity contribution in [3.05, 3.63) is 0 Å². The third kappa shape index (κ3) is 2.19. The van der Waals surface area contributed by atoms with Gasteiger partial charge in [0.1, 0.15) is 0 Å². The molecule has 1 fully saturated rings. The normalized spacial score (nSPS) is 23.2. The Hall–Kier alpha value is -0.0400. The lowest BCUT2D eigenvalue weighted by Crippen LogP contribution is -2.54. The third-order valence-corrected chi connectivity index (χ3v) is 2.79. The van der Waals surface area contributed by atoms with Crippen LogP contribution in [-0.2, 0) is 0 Å². The summed E-state index contributed by atoms with van der Waals surface area (Å²) in [6.07, 6.45) is 4.19. The van der Waals surface area contributed by atoms with Crippen LogP contribution in [0.5, 0.6) is 0 Å². The summed E-state index contributed by atoms with van der Waals surface area (Å²) in [5, 5.41) is 0. The lowest BCUT2D eigenvalue weighted by Gasteiger charge is -2.48. The van der Waals surface area contributed by atoms with Gasteiger partial charge in [-0.15, -0.1) is 0 Å². The zero-order valence-electron chi connectivity index (χ0n) is 8.19. The summed E-state index contributed by atoms with van der Waals surface area (Å²) in [4.78, 5) is 2.52. The van der Waals surface area contributed by atoms with Crippen LogP contribution in [0.25, 0.3) is 0 Å². The Morgan fingerprint density at radius 2 is 1.91 bits per heavy atom. The second-order valence-electron chi connectivity index (χ2n) is 4.22. The van der Waals surface area contributed by atoms with Gasteiger partial charge in [0.05, 0.1) is 0 Å². The molecular formula is C10H21N. The van der Waals surface area contributed by atoms with Crippen molar-refractivity contribution in [2.45, 2.75) is 40.0 Å². The molecule has 0 aliphatic carbocycles. The van der Waals surface area contributed by atoms with Gasteiger partial charge in [0.15, 0.2) is 0 Å². The van der Waals surface area contributed by atoms with Crippen molar-refractivity contribution in [1.82, 2.24) is 4.90 Å². The van der Waals surface area contributed by atoms with E-state index < -0.39 is 0 Å². The molecule has 0 aromatic heterocycles. The molecule has 1 nitrogen and oxygen atoms in total. The Morgan fingerprint density at radius 3 is 2.36 bits per heavy atom. The molecule has 1 heteroatoms. The zero-order chi connectivity index (χ0) is 8.32. The summed E-state index contributed by atoms with van der Waals surface area (Å²) in [7, 11) is 0. The van der Waals surface area contributed by atoms with E-state index in [1.54, 1.807) is 0 Å². The molecule has 0 spiro atoms. The summed E-state index contributed by atoms with van der Waals surface area (Å²) in [6, 6.07) is 0. The maximum absolute atomic E-state index is 2.52. The molecule has 0 bridgehead atoms. The Balaban J connectivity index is 2.15. The van der Waals surface area contributed by atoms with Crippen molar-refractivity contribution in [3.8, 4) is 0 Å². The molecule has 1 aliphatic heterocycles. The van der Waals surface area contributed by atoms with Crippen LogP contribution in [0.4, 0.5) is 0 Å². The second kappa shape index (κ2) is 3.57. The SMILES string of the molecule is CCCCC1(C)CN(CC)C1. The highest BCUT2D eigenvalue weighted by atomic mass is 15.2. The molecule has 11 heavy (non-hydrogen) atoms. The molecule has 0 radical (unpaired) electrons. The molecule has 1 aliphatic rings. The summed E-state index contributed by atoms with van der Waals surface area (Å²) in [6.45, 7) is 10.9. The highest BCUT2D eigenvalue weighted by Crippen LogP contribution is 2.34. The van der Waals surface area contributed by atoms with Crippen molar-refractivity contribution in [3.63, 3.8) is 0 Å². The lowest BCUT2D eigenvalue weighted by molar-refractivity contribution is 0.0119. The highest BCUT2D eigenvalue weighted by molar-refractivity contribution is 4.90. The van der Waals surface area contributed by atoms with Crippen LogP contribution in [0.3, 0.4) is 0 Å². The summed E-state index contributed by atoms with van der Waals surface area (Å²) < 4.78 is 0. The van der Waals surface area contributed by atoms with Crippen LogP contribution >= 0.6 is 0 Å². The average molecular weight is 155 g/mol. The summed E-state index contributed by atoms with van der Waals surface area (Å²) in [5.41, 5.74) is 0.673. The minimum absolute atomic E-state index is 0.673. The van der Waals surface area contributed by atoms with Crippen LogP contribution in [0.1, 0.15) is 40.0 Å². The predicted octanol–water partition coefficient (Wildman–Crippen LogP) is 2.52. The van der Waals surface area contributed by atoms with E-state index in [1.807, 2.05) is 0 Å². The molecule has 0 atom stereocenters.